The van der Waals surface area contributed by atoms with Crippen LogP contribution in [0.15, 0.2) is 18.2 Å². The highest BCUT2D eigenvalue weighted by Crippen LogP contribution is 2.29. The molecule has 1 fully saturated rings. The van der Waals surface area contributed by atoms with Crippen molar-refractivity contribution in [2.45, 2.75) is 11.8 Å². The molecule has 1 saturated heterocycles. The molecule has 1 aliphatic rings. The van der Waals surface area contributed by atoms with E-state index in [2.05, 4.69) is 4.74 Å². The van der Waals surface area contributed by atoms with Gasteiger partial charge < -0.3 is 14.7 Å². The Kier molecular flexibility index (Phi) is 3.43. The quantitative estimate of drug-likeness (QED) is 0.653. The highest BCUT2D eigenvalue weighted by molar-refractivity contribution is 6.24. The lowest BCUT2D eigenvalue weighted by molar-refractivity contribution is -0.117. The van der Waals surface area contributed by atoms with Gasteiger partial charge in [0.1, 0.15) is 11.3 Å². The summed E-state index contributed by atoms with van der Waals surface area (Å²) < 4.78 is 4.52. The Labute approximate surface area is 109 Å². The molecule has 1 amide bonds. The van der Waals surface area contributed by atoms with E-state index in [9.17, 15) is 14.7 Å². The van der Waals surface area contributed by atoms with Crippen molar-refractivity contribution in [1.29, 1.82) is 0 Å². The number of carbonyl (C=O) groups excluding carboxylic acids is 2. The van der Waals surface area contributed by atoms with Crippen LogP contribution < -0.4 is 4.90 Å². The Morgan fingerprint density at radius 3 is 2.78 bits per heavy atom. The van der Waals surface area contributed by atoms with E-state index >= 15 is 0 Å². The minimum Gasteiger partial charge on any atom is -0.507 e. The van der Waals surface area contributed by atoms with E-state index in [0.717, 1.165) is 0 Å². The molecular formula is C12H12ClNO4. The van der Waals surface area contributed by atoms with Crippen molar-refractivity contribution in [3.63, 3.8) is 0 Å². The number of halogens is 1. The van der Waals surface area contributed by atoms with Crippen LogP contribution in [0, 0.1) is 0 Å². The number of aromatic hydroxyl groups is 1. The molecule has 1 N–H and O–H groups in total. The number of alkyl halides is 1. The first-order valence-electron chi connectivity index (χ1n) is 5.38. The molecule has 2 rings (SSSR count). The number of esters is 1. The molecule has 1 aromatic carbocycles. The molecule has 1 unspecified atom stereocenters. The third-order valence-corrected chi connectivity index (χ3v) is 3.07. The average molecular weight is 270 g/mol. The van der Waals surface area contributed by atoms with Crippen LogP contribution in [-0.2, 0) is 9.53 Å². The zero-order valence-electron chi connectivity index (χ0n) is 9.72. The van der Waals surface area contributed by atoms with Gasteiger partial charge in [0.25, 0.3) is 0 Å². The third kappa shape index (κ3) is 2.26. The summed E-state index contributed by atoms with van der Waals surface area (Å²) in [6.45, 7) is 0.400. The fourth-order valence-corrected chi connectivity index (χ4v) is 2.15. The van der Waals surface area contributed by atoms with Crippen molar-refractivity contribution in [2.75, 3.05) is 18.6 Å². The third-order valence-electron chi connectivity index (χ3n) is 2.78. The van der Waals surface area contributed by atoms with Crippen LogP contribution in [0.3, 0.4) is 0 Å². The van der Waals surface area contributed by atoms with Crippen LogP contribution in [0.1, 0.15) is 16.8 Å². The topological polar surface area (TPSA) is 66.8 Å². The molecule has 1 atom stereocenters. The maximum absolute atomic E-state index is 11.6. The van der Waals surface area contributed by atoms with E-state index in [0.29, 0.717) is 12.2 Å². The van der Waals surface area contributed by atoms with Gasteiger partial charge in [-0.05, 0) is 12.1 Å². The first-order chi connectivity index (χ1) is 8.52. The van der Waals surface area contributed by atoms with Crippen LogP contribution >= 0.6 is 11.6 Å². The second-order valence-electron chi connectivity index (χ2n) is 4.00. The number of methoxy groups -OCH3 is 1. The molecule has 0 aliphatic carbocycles. The Balaban J connectivity index is 2.29. The van der Waals surface area contributed by atoms with Crippen LogP contribution in [-0.4, -0.2) is 36.0 Å². The summed E-state index contributed by atoms with van der Waals surface area (Å²) in [4.78, 5) is 24.4. The summed E-state index contributed by atoms with van der Waals surface area (Å²) in [7, 11) is 1.23. The van der Waals surface area contributed by atoms with Crippen molar-refractivity contribution in [2.24, 2.45) is 0 Å². The number of carbonyl (C=O) groups is 2. The fraction of sp³-hybridized carbons (Fsp3) is 0.333. The minimum atomic E-state index is -0.623. The van der Waals surface area contributed by atoms with Gasteiger partial charge in [-0.1, -0.05) is 0 Å². The summed E-state index contributed by atoms with van der Waals surface area (Å²) in [6.07, 6.45) is 0.279. The zero-order valence-corrected chi connectivity index (χ0v) is 10.5. The number of rotatable bonds is 2. The van der Waals surface area contributed by atoms with Gasteiger partial charge in [0.15, 0.2) is 0 Å². The van der Waals surface area contributed by atoms with Gasteiger partial charge >= 0.3 is 5.97 Å². The molecule has 1 heterocycles. The molecule has 6 heteroatoms. The lowest BCUT2D eigenvalue weighted by Crippen LogP contribution is -2.24. The van der Waals surface area contributed by atoms with E-state index in [4.69, 9.17) is 11.6 Å². The second kappa shape index (κ2) is 4.86. The molecule has 0 aromatic heterocycles. The Hall–Kier alpha value is -1.75. The van der Waals surface area contributed by atoms with Crippen molar-refractivity contribution in [3.05, 3.63) is 23.8 Å². The summed E-state index contributed by atoms with van der Waals surface area (Å²) in [5.74, 6) is -0.938. The monoisotopic (exact) mass is 269 g/mol. The van der Waals surface area contributed by atoms with E-state index < -0.39 is 5.97 Å². The largest absolute Gasteiger partial charge is 0.507 e. The number of amides is 1. The van der Waals surface area contributed by atoms with Gasteiger partial charge in [0, 0.05) is 24.7 Å². The number of phenols is 1. The summed E-state index contributed by atoms with van der Waals surface area (Å²) in [5.41, 5.74) is 0.587. The first-order valence-corrected chi connectivity index (χ1v) is 5.82. The second-order valence-corrected chi connectivity index (χ2v) is 4.62. The summed E-state index contributed by atoms with van der Waals surface area (Å²) >= 11 is 5.90. The number of ether oxygens (including phenoxy) is 1. The van der Waals surface area contributed by atoms with E-state index in [1.165, 1.54) is 24.1 Å². The van der Waals surface area contributed by atoms with E-state index in [-0.39, 0.29) is 29.0 Å². The number of nitrogens with zero attached hydrogens (tertiary/aromatic N) is 1. The van der Waals surface area contributed by atoms with Crippen molar-refractivity contribution in [3.8, 4) is 5.75 Å². The molecule has 5 nitrogen and oxygen atoms in total. The predicted octanol–water partition coefficient (Wildman–Crippen LogP) is 1.52. The average Bonchev–Trinajstić information content (AvgIpc) is 2.67. The number of benzene rings is 1. The van der Waals surface area contributed by atoms with Crippen LogP contribution in [0.2, 0.25) is 0 Å². The maximum Gasteiger partial charge on any atom is 0.341 e. The molecule has 1 aliphatic heterocycles. The highest BCUT2D eigenvalue weighted by atomic mass is 35.5. The van der Waals surface area contributed by atoms with E-state index in [1.54, 1.807) is 6.07 Å². The lowest BCUT2D eigenvalue weighted by Gasteiger charge is -2.16. The summed E-state index contributed by atoms with van der Waals surface area (Å²) in [5, 5.41) is 9.51. The standard InChI is InChI=1S/C12H12ClNO4/c1-18-12(17)9-3-2-8(5-10(9)15)14-6-7(13)4-11(14)16/h2-3,5,7,15H,4,6H2,1H3. The molecule has 1 aromatic rings. The smallest absolute Gasteiger partial charge is 0.341 e. The van der Waals surface area contributed by atoms with Crippen molar-refractivity contribution >= 4 is 29.2 Å². The van der Waals surface area contributed by atoms with Crippen molar-refractivity contribution < 1.29 is 19.4 Å². The molecule has 0 radical (unpaired) electrons. The zero-order chi connectivity index (χ0) is 13.3. The molecule has 0 saturated carbocycles. The van der Waals surface area contributed by atoms with Crippen LogP contribution in [0.4, 0.5) is 5.69 Å². The van der Waals surface area contributed by atoms with E-state index in [1.807, 2.05) is 0 Å². The minimum absolute atomic E-state index is 0.0651. The number of phenolic OH excluding ortho intramolecular Hbond substituents is 1. The van der Waals surface area contributed by atoms with Gasteiger partial charge in [-0.2, -0.15) is 0 Å². The van der Waals surface area contributed by atoms with Gasteiger partial charge in [0.05, 0.1) is 12.5 Å². The van der Waals surface area contributed by atoms with Crippen molar-refractivity contribution in [1.82, 2.24) is 0 Å². The predicted molar refractivity (Wildman–Crippen MR) is 66.1 cm³/mol. The fourth-order valence-electron chi connectivity index (χ4n) is 1.88. The normalized spacial score (nSPS) is 19.1. The number of anilines is 1. The molecule has 96 valence electrons. The molecule has 0 bridgehead atoms. The van der Waals surface area contributed by atoms with Gasteiger partial charge in [-0.3, -0.25) is 4.79 Å². The highest BCUT2D eigenvalue weighted by Gasteiger charge is 2.29. The number of hydrogen-bond donors (Lipinski definition) is 1. The SMILES string of the molecule is COC(=O)c1ccc(N2CC(Cl)CC2=O)cc1O. The van der Waals surface area contributed by atoms with Crippen LogP contribution in [0.5, 0.6) is 5.75 Å². The number of hydrogen-bond acceptors (Lipinski definition) is 4. The molecule has 0 spiro atoms. The molecule has 18 heavy (non-hydrogen) atoms. The van der Waals surface area contributed by atoms with Gasteiger partial charge in [0.2, 0.25) is 5.91 Å². The summed E-state index contributed by atoms with van der Waals surface area (Å²) in [6, 6.07) is 4.36. The molecular weight excluding hydrogens is 258 g/mol. The Bertz CT molecular complexity index is 503. The Morgan fingerprint density at radius 1 is 1.56 bits per heavy atom. The van der Waals surface area contributed by atoms with Gasteiger partial charge in [-0.15, -0.1) is 11.6 Å². The first kappa shape index (κ1) is 12.7. The van der Waals surface area contributed by atoms with Gasteiger partial charge in [-0.25, -0.2) is 4.79 Å². The Morgan fingerprint density at radius 2 is 2.28 bits per heavy atom. The van der Waals surface area contributed by atoms with Crippen LogP contribution in [0.25, 0.3) is 0 Å². The lowest BCUT2D eigenvalue weighted by atomic mass is 10.1. The maximum atomic E-state index is 11.6.